The molecule has 0 aromatic heterocycles. The highest BCUT2D eigenvalue weighted by Crippen LogP contribution is 2.35. The predicted molar refractivity (Wildman–Crippen MR) is 72.6 cm³/mol. The van der Waals surface area contributed by atoms with E-state index in [4.69, 9.17) is 10.6 Å². The summed E-state index contributed by atoms with van der Waals surface area (Å²) in [4.78, 5) is 11.9. The molecule has 1 rings (SSSR count). The van der Waals surface area contributed by atoms with Gasteiger partial charge in [0.25, 0.3) is 0 Å². The Labute approximate surface area is 108 Å². The molecule has 0 atom stereocenters. The molecule has 0 aliphatic rings. The van der Waals surface area contributed by atoms with Gasteiger partial charge in [0.1, 0.15) is 5.75 Å². The van der Waals surface area contributed by atoms with Crippen molar-refractivity contribution in [1.82, 2.24) is 5.43 Å². The number of rotatable bonds is 3. The third-order valence-electron chi connectivity index (χ3n) is 3.59. The molecule has 0 bridgehead atoms. The van der Waals surface area contributed by atoms with E-state index in [2.05, 4.69) is 5.43 Å². The second-order valence-corrected chi connectivity index (χ2v) is 5.12. The van der Waals surface area contributed by atoms with Crippen LogP contribution in [0.3, 0.4) is 0 Å². The van der Waals surface area contributed by atoms with E-state index in [0.717, 1.165) is 28.0 Å². The average molecular weight is 250 g/mol. The van der Waals surface area contributed by atoms with Crippen molar-refractivity contribution in [3.8, 4) is 5.75 Å². The van der Waals surface area contributed by atoms with Crippen LogP contribution < -0.4 is 16.0 Å². The van der Waals surface area contributed by atoms with Gasteiger partial charge in [-0.2, -0.15) is 0 Å². The second kappa shape index (κ2) is 4.98. The normalized spacial score (nSPS) is 11.3. The van der Waals surface area contributed by atoms with E-state index in [1.165, 1.54) is 0 Å². The van der Waals surface area contributed by atoms with Crippen molar-refractivity contribution in [2.75, 3.05) is 7.11 Å². The van der Waals surface area contributed by atoms with E-state index in [-0.39, 0.29) is 5.91 Å². The van der Waals surface area contributed by atoms with Crippen molar-refractivity contribution < 1.29 is 9.53 Å². The van der Waals surface area contributed by atoms with E-state index < -0.39 is 5.41 Å². The van der Waals surface area contributed by atoms with E-state index in [0.29, 0.717) is 0 Å². The Kier molecular flexibility index (Phi) is 4.02. The molecule has 1 amide bonds. The van der Waals surface area contributed by atoms with Crippen molar-refractivity contribution in [1.29, 1.82) is 0 Å². The Bertz CT molecular complexity index is 479. The third-order valence-corrected chi connectivity index (χ3v) is 3.59. The Morgan fingerprint density at radius 3 is 2.28 bits per heavy atom. The summed E-state index contributed by atoms with van der Waals surface area (Å²) in [5, 5.41) is 0. The Morgan fingerprint density at radius 2 is 1.83 bits per heavy atom. The molecule has 0 radical (unpaired) electrons. The van der Waals surface area contributed by atoms with Gasteiger partial charge in [-0.05, 0) is 62.9 Å². The fourth-order valence-electron chi connectivity index (χ4n) is 2.51. The van der Waals surface area contributed by atoms with Crippen LogP contribution in [0.25, 0.3) is 0 Å². The number of methoxy groups -OCH3 is 1. The Balaban J connectivity index is 3.52. The highest BCUT2D eigenvalue weighted by molar-refractivity contribution is 5.88. The van der Waals surface area contributed by atoms with Crippen molar-refractivity contribution in [3.05, 3.63) is 28.3 Å². The zero-order valence-electron chi connectivity index (χ0n) is 12.0. The van der Waals surface area contributed by atoms with Gasteiger partial charge in [0.15, 0.2) is 0 Å². The molecular formula is C14H22N2O2. The largest absolute Gasteiger partial charge is 0.496 e. The minimum absolute atomic E-state index is 0.196. The molecule has 0 aliphatic carbocycles. The van der Waals surface area contributed by atoms with Crippen LogP contribution in [0.4, 0.5) is 0 Å². The number of benzene rings is 1. The molecule has 100 valence electrons. The third kappa shape index (κ3) is 2.20. The zero-order valence-corrected chi connectivity index (χ0v) is 12.0. The SMILES string of the molecule is COc1cc(C)c(C(C)(C)C(=O)NN)c(C)c1C. The number of hydrazine groups is 1. The first kappa shape index (κ1) is 14.5. The molecule has 0 saturated heterocycles. The number of carbonyl (C=O) groups excluding carboxylic acids is 1. The molecule has 4 nitrogen and oxygen atoms in total. The van der Waals surface area contributed by atoms with Crippen LogP contribution in [0.5, 0.6) is 5.75 Å². The van der Waals surface area contributed by atoms with Crippen molar-refractivity contribution in [3.63, 3.8) is 0 Å². The van der Waals surface area contributed by atoms with Gasteiger partial charge < -0.3 is 4.74 Å². The van der Waals surface area contributed by atoms with Gasteiger partial charge in [-0.25, -0.2) is 5.84 Å². The quantitative estimate of drug-likeness (QED) is 0.489. The maximum absolute atomic E-state index is 11.9. The van der Waals surface area contributed by atoms with E-state index in [1.54, 1.807) is 7.11 Å². The minimum Gasteiger partial charge on any atom is -0.496 e. The number of hydrogen-bond acceptors (Lipinski definition) is 3. The summed E-state index contributed by atoms with van der Waals surface area (Å²) in [6.07, 6.45) is 0. The van der Waals surface area contributed by atoms with Crippen LogP contribution in [-0.2, 0) is 10.2 Å². The fraction of sp³-hybridized carbons (Fsp3) is 0.500. The van der Waals surface area contributed by atoms with Gasteiger partial charge in [0.2, 0.25) is 5.91 Å². The Hall–Kier alpha value is -1.55. The molecule has 0 saturated carbocycles. The lowest BCUT2D eigenvalue weighted by atomic mass is 9.77. The lowest BCUT2D eigenvalue weighted by molar-refractivity contribution is -0.125. The molecule has 1 aromatic rings. The highest BCUT2D eigenvalue weighted by Gasteiger charge is 2.33. The highest BCUT2D eigenvalue weighted by atomic mass is 16.5. The molecule has 0 unspecified atom stereocenters. The first-order valence-corrected chi connectivity index (χ1v) is 5.93. The molecular weight excluding hydrogens is 228 g/mol. The van der Waals surface area contributed by atoms with Crippen molar-refractivity contribution in [2.24, 2.45) is 5.84 Å². The molecule has 3 N–H and O–H groups in total. The maximum Gasteiger partial charge on any atom is 0.243 e. The van der Waals surface area contributed by atoms with Gasteiger partial charge >= 0.3 is 0 Å². The molecule has 18 heavy (non-hydrogen) atoms. The number of nitrogens with two attached hydrogens (primary N) is 1. The number of carbonyl (C=O) groups is 1. The summed E-state index contributed by atoms with van der Waals surface area (Å²) in [5.41, 5.74) is 5.73. The standard InChI is InChI=1S/C14H22N2O2/c1-8-7-11(18-6)9(2)10(3)12(8)14(4,5)13(17)16-15/h7H,15H2,1-6H3,(H,16,17). The smallest absolute Gasteiger partial charge is 0.243 e. The zero-order chi connectivity index (χ0) is 14.1. The van der Waals surface area contributed by atoms with E-state index in [1.807, 2.05) is 40.7 Å². The lowest BCUT2D eigenvalue weighted by Crippen LogP contribution is -2.44. The summed E-state index contributed by atoms with van der Waals surface area (Å²) in [6, 6.07) is 1.96. The van der Waals surface area contributed by atoms with E-state index in [9.17, 15) is 4.79 Å². The van der Waals surface area contributed by atoms with Crippen molar-refractivity contribution >= 4 is 5.91 Å². The average Bonchev–Trinajstić information content (AvgIpc) is 2.32. The van der Waals surface area contributed by atoms with Crippen LogP contribution in [0.15, 0.2) is 6.07 Å². The molecule has 0 fully saturated rings. The summed E-state index contributed by atoms with van der Waals surface area (Å²) in [7, 11) is 1.65. The number of hydrogen-bond donors (Lipinski definition) is 2. The summed E-state index contributed by atoms with van der Waals surface area (Å²) >= 11 is 0. The van der Waals surface area contributed by atoms with Gasteiger partial charge in [0.05, 0.1) is 12.5 Å². The molecule has 0 heterocycles. The first-order chi connectivity index (χ1) is 8.27. The fourth-order valence-corrected chi connectivity index (χ4v) is 2.51. The van der Waals surface area contributed by atoms with Crippen molar-refractivity contribution in [2.45, 2.75) is 40.0 Å². The second-order valence-electron chi connectivity index (χ2n) is 5.12. The van der Waals surface area contributed by atoms with Crippen LogP contribution in [0, 0.1) is 20.8 Å². The molecule has 4 heteroatoms. The Morgan fingerprint density at radius 1 is 1.28 bits per heavy atom. The molecule has 0 spiro atoms. The topological polar surface area (TPSA) is 64.3 Å². The van der Waals surface area contributed by atoms with Gasteiger partial charge in [0, 0.05) is 0 Å². The molecule has 0 aliphatic heterocycles. The van der Waals surface area contributed by atoms with Crippen LogP contribution in [-0.4, -0.2) is 13.0 Å². The van der Waals surface area contributed by atoms with Gasteiger partial charge in [-0.3, -0.25) is 10.2 Å². The number of ether oxygens (including phenoxy) is 1. The summed E-state index contributed by atoms with van der Waals surface area (Å²) in [5.74, 6) is 5.91. The number of amides is 1. The molecule has 1 aromatic carbocycles. The number of aryl methyl sites for hydroxylation is 1. The predicted octanol–water partition coefficient (Wildman–Crippen LogP) is 1.89. The van der Waals surface area contributed by atoms with Crippen LogP contribution >= 0.6 is 0 Å². The van der Waals surface area contributed by atoms with Gasteiger partial charge in [-0.1, -0.05) is 0 Å². The monoisotopic (exact) mass is 250 g/mol. The summed E-state index contributed by atoms with van der Waals surface area (Å²) in [6.45, 7) is 9.72. The maximum atomic E-state index is 11.9. The number of nitrogens with one attached hydrogen (secondary N) is 1. The van der Waals surface area contributed by atoms with E-state index >= 15 is 0 Å². The van der Waals surface area contributed by atoms with Crippen LogP contribution in [0.2, 0.25) is 0 Å². The van der Waals surface area contributed by atoms with Crippen LogP contribution in [0.1, 0.15) is 36.1 Å². The first-order valence-electron chi connectivity index (χ1n) is 5.93. The summed E-state index contributed by atoms with van der Waals surface area (Å²) < 4.78 is 5.34. The lowest BCUT2D eigenvalue weighted by Gasteiger charge is -2.28. The van der Waals surface area contributed by atoms with Gasteiger partial charge in [-0.15, -0.1) is 0 Å². The minimum atomic E-state index is -0.667.